The smallest absolute Gasteiger partial charge is 0.111 e. The third-order valence-electron chi connectivity index (χ3n) is 4.44. The van der Waals surface area contributed by atoms with Crippen LogP contribution in [-0.4, -0.2) is 5.11 Å². The second-order valence-electron chi connectivity index (χ2n) is 7.22. The molecule has 1 aromatic carbocycles. The van der Waals surface area contributed by atoms with Gasteiger partial charge in [-0.05, 0) is 83.4 Å². The molecule has 0 aliphatic heterocycles. The third kappa shape index (κ3) is 8.58. The number of hydrogen-bond donors (Lipinski definition) is 1. The van der Waals surface area contributed by atoms with Crippen molar-refractivity contribution in [1.82, 2.24) is 0 Å². The van der Waals surface area contributed by atoms with E-state index in [0.29, 0.717) is 0 Å². The van der Waals surface area contributed by atoms with Crippen molar-refractivity contribution in [3.05, 3.63) is 82.2 Å². The maximum absolute atomic E-state index is 9.89. The first kappa shape index (κ1) is 21.0. The summed E-state index contributed by atoms with van der Waals surface area (Å²) < 4.78 is 0. The largest absolute Gasteiger partial charge is 0.508 e. The van der Waals surface area contributed by atoms with Crippen LogP contribution in [-0.2, 0) is 6.42 Å². The second-order valence-corrected chi connectivity index (χ2v) is 7.22. The normalized spacial score (nSPS) is 12.2. The first-order valence-electron chi connectivity index (χ1n) is 9.22. The molecule has 1 nitrogen and oxygen atoms in total. The van der Waals surface area contributed by atoms with Crippen LogP contribution in [0.25, 0.3) is 0 Å². The highest BCUT2D eigenvalue weighted by molar-refractivity contribution is 5.34. The number of benzene rings is 1. The summed E-state index contributed by atoms with van der Waals surface area (Å²) in [7, 11) is 0. The molecule has 0 saturated heterocycles. The minimum absolute atomic E-state index is 0.195. The molecule has 1 aromatic rings. The third-order valence-corrected chi connectivity index (χ3v) is 4.44. The molecule has 0 heterocycles. The Hall–Kier alpha value is -2.02. The fraction of sp³-hybridized carbons (Fsp3) is 0.417. The molecule has 0 aliphatic carbocycles. The molecule has 0 aliphatic rings. The molecule has 0 spiro atoms. The molecule has 1 rings (SSSR count). The van der Waals surface area contributed by atoms with Crippen LogP contribution in [0.3, 0.4) is 0 Å². The van der Waals surface area contributed by atoms with E-state index in [1.54, 1.807) is 0 Å². The van der Waals surface area contributed by atoms with Crippen molar-refractivity contribution in [3.8, 4) is 0 Å². The highest BCUT2D eigenvalue weighted by Gasteiger charge is 2.03. The van der Waals surface area contributed by atoms with Gasteiger partial charge in [-0.15, -0.1) is 0 Å². The summed E-state index contributed by atoms with van der Waals surface area (Å²) >= 11 is 0. The van der Waals surface area contributed by atoms with E-state index in [1.807, 2.05) is 0 Å². The average Bonchev–Trinajstić information content (AvgIpc) is 2.53. The van der Waals surface area contributed by atoms with Gasteiger partial charge in [0, 0.05) is 0 Å². The molecule has 0 aromatic heterocycles. The molecule has 0 bridgehead atoms. The first-order chi connectivity index (χ1) is 11.8. The van der Waals surface area contributed by atoms with Gasteiger partial charge in [0.05, 0.1) is 0 Å². The van der Waals surface area contributed by atoms with E-state index in [9.17, 15) is 5.11 Å². The van der Waals surface area contributed by atoms with Crippen molar-refractivity contribution < 1.29 is 5.11 Å². The van der Waals surface area contributed by atoms with Crippen molar-refractivity contribution in [1.29, 1.82) is 0 Å². The molecule has 136 valence electrons. The fourth-order valence-electron chi connectivity index (χ4n) is 2.78. The molecule has 1 N–H and O–H groups in total. The minimum atomic E-state index is 0.195. The van der Waals surface area contributed by atoms with E-state index < -0.39 is 0 Å². The van der Waals surface area contributed by atoms with Crippen LogP contribution in [0.4, 0.5) is 0 Å². The highest BCUT2D eigenvalue weighted by Crippen LogP contribution is 2.18. The number of rotatable bonds is 9. The van der Waals surface area contributed by atoms with Crippen LogP contribution in [0.15, 0.2) is 65.5 Å². The predicted molar refractivity (Wildman–Crippen MR) is 111 cm³/mol. The van der Waals surface area contributed by atoms with E-state index in [0.717, 1.165) is 37.7 Å². The summed E-state index contributed by atoms with van der Waals surface area (Å²) in [6.07, 6.45) is 11.5. The molecular formula is C24H34O. The Morgan fingerprint density at radius 2 is 1.68 bits per heavy atom. The Morgan fingerprint density at radius 3 is 2.32 bits per heavy atom. The minimum Gasteiger partial charge on any atom is -0.508 e. The van der Waals surface area contributed by atoms with Crippen LogP contribution in [0, 0.1) is 13.8 Å². The highest BCUT2D eigenvalue weighted by atomic mass is 16.3. The number of hydrogen-bond acceptors (Lipinski definition) is 1. The Bertz CT molecular complexity index is 667. The zero-order valence-electron chi connectivity index (χ0n) is 16.7. The summed E-state index contributed by atoms with van der Waals surface area (Å²) in [5.74, 6) is 0.195. The molecular weight excluding hydrogens is 304 g/mol. The molecule has 0 saturated carbocycles. The van der Waals surface area contributed by atoms with Gasteiger partial charge < -0.3 is 5.11 Å². The first-order valence-corrected chi connectivity index (χ1v) is 9.22. The fourth-order valence-corrected chi connectivity index (χ4v) is 2.78. The van der Waals surface area contributed by atoms with Gasteiger partial charge in [-0.2, -0.15) is 0 Å². The van der Waals surface area contributed by atoms with Crippen LogP contribution in [0.2, 0.25) is 0 Å². The number of aryl methyl sites for hydroxylation is 2. The van der Waals surface area contributed by atoms with Crippen LogP contribution >= 0.6 is 0 Å². The zero-order chi connectivity index (χ0) is 18.8. The lowest BCUT2D eigenvalue weighted by molar-refractivity contribution is 0.421. The van der Waals surface area contributed by atoms with Gasteiger partial charge in [0.15, 0.2) is 0 Å². The van der Waals surface area contributed by atoms with E-state index in [4.69, 9.17) is 0 Å². The van der Waals surface area contributed by atoms with Gasteiger partial charge in [-0.25, -0.2) is 0 Å². The summed E-state index contributed by atoms with van der Waals surface area (Å²) in [6.45, 7) is 14.4. The van der Waals surface area contributed by atoms with Crippen LogP contribution in [0.1, 0.15) is 63.1 Å². The molecule has 0 unspecified atom stereocenters. The SMILES string of the molecule is C=C(O)/C(=C\Cc1cc(C)ccc1C)CC/C=C(\C)CCC=C(C)C. The maximum atomic E-state index is 9.89. The molecule has 25 heavy (non-hydrogen) atoms. The second kappa shape index (κ2) is 10.8. The van der Waals surface area contributed by atoms with Crippen LogP contribution < -0.4 is 0 Å². The lowest BCUT2D eigenvalue weighted by atomic mass is 9.99. The lowest BCUT2D eigenvalue weighted by Crippen LogP contribution is -1.93. The Morgan fingerprint density at radius 1 is 1.00 bits per heavy atom. The molecule has 0 fully saturated rings. The summed E-state index contributed by atoms with van der Waals surface area (Å²) in [4.78, 5) is 0. The van der Waals surface area contributed by atoms with Gasteiger partial charge in [-0.3, -0.25) is 0 Å². The lowest BCUT2D eigenvalue weighted by Gasteiger charge is -2.08. The van der Waals surface area contributed by atoms with Gasteiger partial charge in [0.1, 0.15) is 5.76 Å². The van der Waals surface area contributed by atoms with E-state index >= 15 is 0 Å². The van der Waals surface area contributed by atoms with Gasteiger partial charge in [0.2, 0.25) is 0 Å². The standard InChI is InChI=1S/C24H34O/c1-18(2)9-7-10-19(3)11-8-12-23(22(6)25)15-16-24-17-20(4)13-14-21(24)5/h9,11,13-15,17,25H,6-8,10,12,16H2,1-5H3/b19-11+,23-15-. The van der Waals surface area contributed by atoms with Gasteiger partial charge in [0.25, 0.3) is 0 Å². The van der Waals surface area contributed by atoms with E-state index in [1.165, 1.54) is 27.8 Å². The number of aliphatic hydroxyl groups excluding tert-OH is 1. The van der Waals surface area contributed by atoms with Crippen LogP contribution in [0.5, 0.6) is 0 Å². The van der Waals surface area contributed by atoms with E-state index in [-0.39, 0.29) is 5.76 Å². The Balaban J connectivity index is 2.63. The van der Waals surface area contributed by atoms with Crippen molar-refractivity contribution >= 4 is 0 Å². The predicted octanol–water partition coefficient (Wildman–Crippen LogP) is 7.32. The number of allylic oxidation sites excluding steroid dienone is 6. The summed E-state index contributed by atoms with van der Waals surface area (Å²) in [5.41, 5.74) is 7.62. The quantitative estimate of drug-likeness (QED) is 0.284. The van der Waals surface area contributed by atoms with Gasteiger partial charge >= 0.3 is 0 Å². The number of aliphatic hydroxyl groups is 1. The van der Waals surface area contributed by atoms with Crippen molar-refractivity contribution in [2.75, 3.05) is 0 Å². The Labute approximate surface area is 154 Å². The molecule has 0 atom stereocenters. The summed E-state index contributed by atoms with van der Waals surface area (Å²) in [5, 5.41) is 9.89. The molecule has 1 heteroatoms. The maximum Gasteiger partial charge on any atom is 0.111 e. The topological polar surface area (TPSA) is 20.2 Å². The van der Waals surface area contributed by atoms with Crippen molar-refractivity contribution in [2.45, 2.75) is 66.7 Å². The van der Waals surface area contributed by atoms with Crippen molar-refractivity contribution in [2.24, 2.45) is 0 Å². The Kier molecular flexibility index (Phi) is 9.05. The monoisotopic (exact) mass is 338 g/mol. The van der Waals surface area contributed by atoms with E-state index in [2.05, 4.69) is 77.6 Å². The van der Waals surface area contributed by atoms with Crippen molar-refractivity contribution in [3.63, 3.8) is 0 Å². The van der Waals surface area contributed by atoms with Gasteiger partial charge in [-0.1, -0.05) is 59.7 Å². The average molecular weight is 339 g/mol. The molecule has 0 radical (unpaired) electrons. The molecule has 0 amide bonds. The summed E-state index contributed by atoms with van der Waals surface area (Å²) in [6, 6.07) is 6.51. The zero-order valence-corrected chi connectivity index (χ0v) is 16.7.